The van der Waals surface area contributed by atoms with Gasteiger partial charge in [-0.3, -0.25) is 14.8 Å². The van der Waals surface area contributed by atoms with Gasteiger partial charge in [0.2, 0.25) is 5.95 Å². The summed E-state index contributed by atoms with van der Waals surface area (Å²) in [6, 6.07) is 18.3. The number of non-ortho nitro benzene ring substituents is 1. The Hall–Kier alpha value is -3.83. The molecular formula is C22H19N5O4S2. The minimum absolute atomic E-state index is 0.0410. The van der Waals surface area contributed by atoms with E-state index in [1.165, 1.54) is 35.3 Å². The second-order valence-corrected chi connectivity index (χ2v) is 9.72. The van der Waals surface area contributed by atoms with Crippen molar-refractivity contribution >= 4 is 38.8 Å². The number of nitro benzene ring substituents is 1. The van der Waals surface area contributed by atoms with Crippen molar-refractivity contribution < 1.29 is 13.3 Å². The third-order valence-corrected chi connectivity index (χ3v) is 7.07. The molecule has 0 aliphatic carbocycles. The summed E-state index contributed by atoms with van der Waals surface area (Å²) in [4.78, 5) is 19.6. The van der Waals surface area contributed by atoms with Crippen molar-refractivity contribution in [2.45, 2.75) is 17.9 Å². The number of nitrogens with one attached hydrogen (secondary N) is 2. The summed E-state index contributed by atoms with van der Waals surface area (Å²) in [7, 11) is -4.06. The fraction of sp³-hybridized carbons (Fsp3) is 0.0909. The van der Waals surface area contributed by atoms with Crippen LogP contribution in [0.5, 0.6) is 0 Å². The second-order valence-electron chi connectivity index (χ2n) is 7.09. The Labute approximate surface area is 194 Å². The number of hydrogen-bond donors (Lipinski definition) is 2. The van der Waals surface area contributed by atoms with E-state index >= 15 is 0 Å². The van der Waals surface area contributed by atoms with Gasteiger partial charge in [0, 0.05) is 23.2 Å². The van der Waals surface area contributed by atoms with E-state index in [1.807, 2.05) is 42.6 Å². The van der Waals surface area contributed by atoms with Gasteiger partial charge in [0.05, 0.1) is 15.9 Å². The Kier molecular flexibility index (Phi) is 6.33. The van der Waals surface area contributed by atoms with Crippen molar-refractivity contribution in [2.24, 2.45) is 0 Å². The van der Waals surface area contributed by atoms with Crippen LogP contribution in [0.2, 0.25) is 0 Å². The molecule has 2 heterocycles. The van der Waals surface area contributed by atoms with Gasteiger partial charge in [-0.1, -0.05) is 36.4 Å². The van der Waals surface area contributed by atoms with E-state index in [9.17, 15) is 18.5 Å². The van der Waals surface area contributed by atoms with Crippen molar-refractivity contribution in [1.82, 2.24) is 9.97 Å². The summed E-state index contributed by atoms with van der Waals surface area (Å²) in [6.45, 7) is 1.95. The van der Waals surface area contributed by atoms with Gasteiger partial charge in [-0.05, 0) is 41.6 Å². The number of nitro groups is 1. The molecule has 0 aliphatic rings. The molecule has 0 spiro atoms. The fourth-order valence-electron chi connectivity index (χ4n) is 3.10. The monoisotopic (exact) mass is 481 g/mol. The number of thiophene rings is 1. The predicted octanol–water partition coefficient (Wildman–Crippen LogP) is 5.09. The number of benzene rings is 2. The highest BCUT2D eigenvalue weighted by Gasteiger charge is 2.19. The molecule has 4 aromatic rings. The molecule has 0 saturated heterocycles. The molecule has 1 atom stereocenters. The Balaban J connectivity index is 1.47. The lowest BCUT2D eigenvalue weighted by Gasteiger charge is -2.15. The molecule has 0 unspecified atom stereocenters. The largest absolute Gasteiger partial charge is 0.348 e. The van der Waals surface area contributed by atoms with Crippen LogP contribution in [0.3, 0.4) is 0 Å². The molecule has 9 nitrogen and oxygen atoms in total. The number of sulfonamides is 1. The average molecular weight is 482 g/mol. The van der Waals surface area contributed by atoms with Crippen molar-refractivity contribution in [3.05, 3.63) is 94.0 Å². The predicted molar refractivity (Wildman–Crippen MR) is 128 cm³/mol. The van der Waals surface area contributed by atoms with Gasteiger partial charge >= 0.3 is 0 Å². The molecule has 4 rings (SSSR count). The standard InChI is InChI=1S/C22H19N5O4S2/c1-15(16-7-9-17(10-8-16)20-6-3-13-32-20)24-22-23-12-11-21(25-22)26-33(30,31)19-5-2-4-18(14-19)27(28)29/h2-15H,1H3,(H2,23,24,25,26)/t15-/m0/s1. The third kappa shape index (κ3) is 5.33. The zero-order valence-corrected chi connectivity index (χ0v) is 19.0. The molecule has 0 fully saturated rings. The van der Waals surface area contributed by atoms with Gasteiger partial charge < -0.3 is 5.32 Å². The first kappa shape index (κ1) is 22.4. The number of aromatic nitrogens is 2. The zero-order chi connectivity index (χ0) is 23.4. The summed E-state index contributed by atoms with van der Waals surface area (Å²) in [5, 5.41) is 16.1. The second kappa shape index (κ2) is 9.35. The number of hydrogen-bond acceptors (Lipinski definition) is 8. The maximum atomic E-state index is 12.6. The van der Waals surface area contributed by atoms with Gasteiger partial charge in [-0.2, -0.15) is 4.98 Å². The smallest absolute Gasteiger partial charge is 0.270 e. The SMILES string of the molecule is C[C@H](Nc1nccc(NS(=O)(=O)c2cccc([N+](=O)[O-])c2)n1)c1ccc(-c2cccs2)cc1. The summed E-state index contributed by atoms with van der Waals surface area (Å²) in [6.07, 6.45) is 1.42. The maximum absolute atomic E-state index is 12.6. The molecule has 0 amide bonds. The number of rotatable bonds is 8. The Morgan fingerprint density at radius 3 is 2.55 bits per heavy atom. The van der Waals surface area contributed by atoms with E-state index in [1.54, 1.807) is 11.3 Å². The molecule has 2 N–H and O–H groups in total. The van der Waals surface area contributed by atoms with Crippen LogP contribution in [0.15, 0.2) is 83.2 Å². The van der Waals surface area contributed by atoms with E-state index < -0.39 is 14.9 Å². The molecular weight excluding hydrogens is 462 g/mol. The lowest BCUT2D eigenvalue weighted by molar-refractivity contribution is -0.385. The van der Waals surface area contributed by atoms with Crippen LogP contribution < -0.4 is 10.0 Å². The van der Waals surface area contributed by atoms with Crippen LogP contribution in [0.1, 0.15) is 18.5 Å². The normalized spacial score (nSPS) is 12.2. The molecule has 0 saturated carbocycles. The maximum Gasteiger partial charge on any atom is 0.270 e. The first-order chi connectivity index (χ1) is 15.8. The van der Waals surface area contributed by atoms with E-state index in [0.29, 0.717) is 0 Å². The van der Waals surface area contributed by atoms with E-state index in [-0.39, 0.29) is 28.4 Å². The van der Waals surface area contributed by atoms with E-state index in [0.717, 1.165) is 17.2 Å². The lowest BCUT2D eigenvalue weighted by Crippen LogP contribution is -2.15. The molecule has 33 heavy (non-hydrogen) atoms. The molecule has 2 aromatic heterocycles. The summed E-state index contributed by atoms with van der Waals surface area (Å²) in [5.41, 5.74) is 1.83. The Morgan fingerprint density at radius 1 is 1.06 bits per heavy atom. The summed E-state index contributed by atoms with van der Waals surface area (Å²) in [5.74, 6) is 0.281. The van der Waals surface area contributed by atoms with E-state index in [4.69, 9.17) is 0 Å². The van der Waals surface area contributed by atoms with Gasteiger partial charge in [0.15, 0.2) is 0 Å². The summed E-state index contributed by atoms with van der Waals surface area (Å²) < 4.78 is 27.6. The van der Waals surface area contributed by atoms with Crippen molar-refractivity contribution in [2.75, 3.05) is 10.0 Å². The topological polar surface area (TPSA) is 127 Å². The van der Waals surface area contributed by atoms with Gasteiger partial charge in [0.25, 0.3) is 15.7 Å². The quantitative estimate of drug-likeness (QED) is 0.265. The fourth-order valence-corrected chi connectivity index (χ4v) is 4.88. The van der Waals surface area contributed by atoms with Crippen molar-refractivity contribution in [3.8, 4) is 10.4 Å². The van der Waals surface area contributed by atoms with Crippen LogP contribution in [0, 0.1) is 10.1 Å². The van der Waals surface area contributed by atoms with Gasteiger partial charge in [-0.25, -0.2) is 13.4 Å². The molecule has 2 aromatic carbocycles. The van der Waals surface area contributed by atoms with Crippen molar-refractivity contribution in [1.29, 1.82) is 0 Å². The summed E-state index contributed by atoms with van der Waals surface area (Å²) >= 11 is 1.67. The first-order valence-electron chi connectivity index (χ1n) is 9.82. The highest BCUT2D eigenvalue weighted by molar-refractivity contribution is 7.92. The molecule has 0 bridgehead atoms. The van der Waals surface area contributed by atoms with Crippen LogP contribution in [-0.2, 0) is 10.0 Å². The van der Waals surface area contributed by atoms with Gasteiger partial charge in [-0.15, -0.1) is 11.3 Å². The van der Waals surface area contributed by atoms with Crippen LogP contribution in [0.4, 0.5) is 17.5 Å². The third-order valence-electron chi connectivity index (χ3n) is 4.80. The van der Waals surface area contributed by atoms with E-state index in [2.05, 4.69) is 26.1 Å². The van der Waals surface area contributed by atoms with Crippen LogP contribution in [-0.4, -0.2) is 23.3 Å². The van der Waals surface area contributed by atoms with Crippen LogP contribution >= 0.6 is 11.3 Å². The molecule has 0 aliphatic heterocycles. The van der Waals surface area contributed by atoms with Crippen molar-refractivity contribution in [3.63, 3.8) is 0 Å². The minimum Gasteiger partial charge on any atom is -0.348 e. The van der Waals surface area contributed by atoms with Crippen LogP contribution in [0.25, 0.3) is 10.4 Å². The highest BCUT2D eigenvalue weighted by atomic mass is 32.2. The average Bonchev–Trinajstić information content (AvgIpc) is 3.34. The molecule has 0 radical (unpaired) electrons. The first-order valence-corrected chi connectivity index (χ1v) is 12.2. The molecule has 168 valence electrons. The lowest BCUT2D eigenvalue weighted by atomic mass is 10.1. The Morgan fingerprint density at radius 2 is 1.85 bits per heavy atom. The zero-order valence-electron chi connectivity index (χ0n) is 17.4. The van der Waals surface area contributed by atoms with Gasteiger partial charge in [0.1, 0.15) is 5.82 Å². The Bertz CT molecular complexity index is 1370. The highest BCUT2D eigenvalue weighted by Crippen LogP contribution is 2.27. The number of nitrogens with zero attached hydrogens (tertiary/aromatic N) is 3. The molecule has 11 heteroatoms. The minimum atomic E-state index is -4.06. The number of anilines is 2.